The maximum atomic E-state index is 15.1. The number of esters is 1. The summed E-state index contributed by atoms with van der Waals surface area (Å²) in [5.74, 6) is -3.13. The Balaban J connectivity index is 1.89. The summed E-state index contributed by atoms with van der Waals surface area (Å²) in [5, 5.41) is 11.4. The van der Waals surface area contributed by atoms with Crippen molar-refractivity contribution in [3.8, 4) is 5.75 Å². The number of carbonyl (C=O) groups excluding carboxylic acids is 3. The Morgan fingerprint density at radius 1 is 1.16 bits per heavy atom. The maximum absolute atomic E-state index is 15.1. The van der Waals surface area contributed by atoms with Gasteiger partial charge in [-0.1, -0.05) is 36.5 Å². The van der Waals surface area contributed by atoms with Crippen molar-refractivity contribution in [2.24, 2.45) is 0 Å². The Morgan fingerprint density at radius 2 is 1.89 bits per heavy atom. The van der Waals surface area contributed by atoms with Crippen molar-refractivity contribution in [3.63, 3.8) is 0 Å². The molecule has 0 saturated carbocycles. The van der Waals surface area contributed by atoms with Crippen LogP contribution in [0.4, 0.5) is 9.52 Å². The number of Topliss-reactive ketones (excluding diaryl/α,β-unsaturated/α-hetero) is 1. The second-order valence-electron chi connectivity index (χ2n) is 8.65. The molecule has 3 aromatic rings. The highest BCUT2D eigenvalue weighted by Gasteiger charge is 2.49. The molecule has 1 aromatic heterocycles. The van der Waals surface area contributed by atoms with Crippen LogP contribution in [-0.4, -0.2) is 41.0 Å². The highest BCUT2D eigenvalue weighted by atomic mass is 32.1. The minimum absolute atomic E-state index is 0.000611. The summed E-state index contributed by atoms with van der Waals surface area (Å²) in [6.45, 7) is 7.62. The predicted molar refractivity (Wildman–Crippen MR) is 141 cm³/mol. The van der Waals surface area contributed by atoms with Gasteiger partial charge in [-0.15, -0.1) is 0 Å². The van der Waals surface area contributed by atoms with E-state index in [0.717, 1.165) is 22.7 Å². The number of halogens is 1. The minimum atomic E-state index is -1.31. The van der Waals surface area contributed by atoms with Crippen LogP contribution in [0.25, 0.3) is 5.76 Å². The second-order valence-corrected chi connectivity index (χ2v) is 9.62. The van der Waals surface area contributed by atoms with Crippen LogP contribution in [0.5, 0.6) is 5.75 Å². The third kappa shape index (κ3) is 4.91. The number of rotatable bonds is 8. The van der Waals surface area contributed by atoms with Crippen molar-refractivity contribution in [2.45, 2.75) is 40.2 Å². The molecule has 8 nitrogen and oxygen atoms in total. The van der Waals surface area contributed by atoms with Gasteiger partial charge in [0.1, 0.15) is 28.2 Å². The van der Waals surface area contributed by atoms with Gasteiger partial charge in [0.2, 0.25) is 0 Å². The van der Waals surface area contributed by atoms with Gasteiger partial charge in [0, 0.05) is 11.1 Å². The summed E-state index contributed by atoms with van der Waals surface area (Å²) in [5.41, 5.74) is 0.923. The largest absolute Gasteiger partial charge is 0.507 e. The van der Waals surface area contributed by atoms with E-state index in [4.69, 9.17) is 9.47 Å². The van der Waals surface area contributed by atoms with Crippen LogP contribution in [-0.2, 0) is 14.3 Å². The van der Waals surface area contributed by atoms with Crippen molar-refractivity contribution in [2.75, 3.05) is 18.1 Å². The highest BCUT2D eigenvalue weighted by molar-refractivity contribution is 7.17. The smallest absolute Gasteiger partial charge is 0.350 e. The number of aliphatic hydroxyl groups excluding tert-OH is 1. The quantitative estimate of drug-likeness (QED) is 0.175. The van der Waals surface area contributed by atoms with E-state index in [1.165, 1.54) is 18.2 Å². The molecule has 198 valence electrons. The van der Waals surface area contributed by atoms with E-state index < -0.39 is 35.3 Å². The zero-order chi connectivity index (χ0) is 27.6. The van der Waals surface area contributed by atoms with Crippen LogP contribution in [0, 0.1) is 19.7 Å². The molecule has 1 aliphatic heterocycles. The van der Waals surface area contributed by atoms with Crippen molar-refractivity contribution < 1.29 is 33.4 Å². The number of hydrogen-bond donors (Lipinski definition) is 1. The number of aromatic nitrogens is 1. The molecular formula is C28H27FN2O6S. The van der Waals surface area contributed by atoms with Gasteiger partial charge in [0.25, 0.3) is 5.78 Å². The molecule has 0 aliphatic carbocycles. The summed E-state index contributed by atoms with van der Waals surface area (Å²) in [6, 6.07) is 9.35. The van der Waals surface area contributed by atoms with Gasteiger partial charge in [-0.2, -0.15) is 0 Å². The molecule has 0 radical (unpaired) electrons. The average molecular weight is 539 g/mol. The summed E-state index contributed by atoms with van der Waals surface area (Å²) in [6.07, 6.45) is 0.820. The molecule has 4 rings (SSSR count). The van der Waals surface area contributed by atoms with E-state index >= 15 is 4.39 Å². The second kappa shape index (κ2) is 11.1. The van der Waals surface area contributed by atoms with Gasteiger partial charge in [-0.25, -0.2) is 14.2 Å². The molecule has 1 amide bonds. The number of carbonyl (C=O) groups is 3. The zero-order valence-electron chi connectivity index (χ0n) is 21.4. The topological polar surface area (TPSA) is 106 Å². The maximum Gasteiger partial charge on any atom is 0.350 e. The van der Waals surface area contributed by atoms with Crippen LogP contribution in [0.15, 0.2) is 48.0 Å². The van der Waals surface area contributed by atoms with E-state index in [1.54, 1.807) is 45.0 Å². The van der Waals surface area contributed by atoms with Gasteiger partial charge in [-0.05, 0) is 57.0 Å². The summed E-state index contributed by atoms with van der Waals surface area (Å²) in [7, 11) is 0. The van der Waals surface area contributed by atoms with Crippen LogP contribution >= 0.6 is 11.3 Å². The Morgan fingerprint density at radius 3 is 2.55 bits per heavy atom. The van der Waals surface area contributed by atoms with Crippen LogP contribution in [0.3, 0.4) is 0 Å². The zero-order valence-corrected chi connectivity index (χ0v) is 22.2. The Bertz CT molecular complexity index is 1450. The monoisotopic (exact) mass is 538 g/mol. The number of hydrogen-bond acceptors (Lipinski definition) is 8. The highest BCUT2D eigenvalue weighted by Crippen LogP contribution is 2.45. The van der Waals surface area contributed by atoms with E-state index in [2.05, 4.69) is 4.98 Å². The molecule has 1 N–H and O–H groups in total. The molecular weight excluding hydrogens is 511 g/mol. The standard InChI is InChI=1S/C28H27FN2O6S/c1-5-13-37-17-11-12-18(15(3)14-17)23(32)21-22(19-9-7-8-10-20(19)29)31(26(34)24(21)33)28-30-16(4)25(38-28)27(35)36-6-2/h7-12,14,22,32H,5-6,13H2,1-4H3/t22-/m0/s1. The summed E-state index contributed by atoms with van der Waals surface area (Å²) in [4.78, 5) is 44.7. The number of nitrogens with zero attached hydrogens (tertiary/aromatic N) is 2. The normalized spacial score (nSPS) is 16.7. The third-order valence-corrected chi connectivity index (χ3v) is 7.16. The fourth-order valence-corrected chi connectivity index (χ4v) is 5.24. The van der Waals surface area contributed by atoms with Crippen molar-refractivity contribution >= 4 is 39.9 Å². The predicted octanol–water partition coefficient (Wildman–Crippen LogP) is 5.49. The van der Waals surface area contributed by atoms with E-state index in [9.17, 15) is 19.5 Å². The molecule has 2 heterocycles. The number of ether oxygens (including phenoxy) is 2. The lowest BCUT2D eigenvalue weighted by atomic mass is 9.93. The molecule has 10 heteroatoms. The number of amides is 1. The fourth-order valence-electron chi connectivity index (χ4n) is 4.25. The molecule has 1 atom stereocenters. The van der Waals surface area contributed by atoms with Gasteiger partial charge in [0.15, 0.2) is 5.13 Å². The average Bonchev–Trinajstić information content (AvgIpc) is 3.39. The Hall–Kier alpha value is -4.05. The number of anilines is 1. The summed E-state index contributed by atoms with van der Waals surface area (Å²) >= 11 is 0.861. The van der Waals surface area contributed by atoms with E-state index in [0.29, 0.717) is 29.2 Å². The first-order valence-electron chi connectivity index (χ1n) is 12.1. The lowest BCUT2D eigenvalue weighted by Crippen LogP contribution is -2.29. The van der Waals surface area contributed by atoms with E-state index in [-0.39, 0.29) is 27.8 Å². The fraction of sp³-hybridized carbons (Fsp3) is 0.286. The molecule has 38 heavy (non-hydrogen) atoms. The molecule has 0 unspecified atom stereocenters. The number of benzene rings is 2. The first-order valence-corrected chi connectivity index (χ1v) is 12.9. The number of ketones is 1. The van der Waals surface area contributed by atoms with Crippen LogP contribution in [0.2, 0.25) is 0 Å². The minimum Gasteiger partial charge on any atom is -0.507 e. The van der Waals surface area contributed by atoms with Gasteiger partial charge >= 0.3 is 11.9 Å². The Labute approximate surface area is 223 Å². The van der Waals surface area contributed by atoms with E-state index in [1.807, 2.05) is 6.92 Å². The van der Waals surface area contributed by atoms with Crippen LogP contribution in [0.1, 0.15) is 58.4 Å². The molecule has 1 aliphatic rings. The van der Waals surface area contributed by atoms with Crippen LogP contribution < -0.4 is 9.64 Å². The van der Waals surface area contributed by atoms with Crippen molar-refractivity contribution in [3.05, 3.63) is 81.1 Å². The Kier molecular flexibility index (Phi) is 7.91. The molecule has 0 bridgehead atoms. The van der Waals surface area contributed by atoms with Gasteiger partial charge < -0.3 is 14.6 Å². The third-order valence-electron chi connectivity index (χ3n) is 6.02. The molecule has 1 saturated heterocycles. The number of aryl methyl sites for hydroxylation is 2. The lowest BCUT2D eigenvalue weighted by molar-refractivity contribution is -0.132. The molecule has 0 spiro atoms. The summed E-state index contributed by atoms with van der Waals surface area (Å²) < 4.78 is 25.8. The van der Waals surface area contributed by atoms with Gasteiger partial charge in [-0.3, -0.25) is 14.5 Å². The first-order chi connectivity index (χ1) is 18.2. The first kappa shape index (κ1) is 27.0. The molecule has 2 aromatic carbocycles. The lowest BCUT2D eigenvalue weighted by Gasteiger charge is -2.23. The van der Waals surface area contributed by atoms with Crippen molar-refractivity contribution in [1.29, 1.82) is 0 Å². The number of thiazole rings is 1. The SMILES string of the molecule is CCCOc1ccc(C(O)=C2C(=O)C(=O)N(c3nc(C)c(C(=O)OCC)s3)[C@H]2c2ccccc2F)c(C)c1. The molecule has 1 fully saturated rings. The number of aliphatic hydroxyl groups is 1. The van der Waals surface area contributed by atoms with Crippen molar-refractivity contribution in [1.82, 2.24) is 4.98 Å². The van der Waals surface area contributed by atoms with Gasteiger partial charge in [0.05, 0.1) is 24.5 Å².